The summed E-state index contributed by atoms with van der Waals surface area (Å²) in [6, 6.07) is 5.84. The lowest BCUT2D eigenvalue weighted by Gasteiger charge is -2.09. The normalized spacial score (nSPS) is 11.0. The molecule has 3 nitrogen and oxygen atoms in total. The second kappa shape index (κ2) is 9.18. The fourth-order valence-electron chi connectivity index (χ4n) is 1.69. The second-order valence-corrected chi connectivity index (χ2v) is 5.34. The SMILES string of the molecule is COc1ccc(CCOCCNCC(C)C)cc1Cl. The Bertz CT molecular complexity index is 369. The lowest BCUT2D eigenvalue weighted by molar-refractivity contribution is 0.138. The minimum Gasteiger partial charge on any atom is -0.495 e. The molecule has 19 heavy (non-hydrogen) atoms. The fraction of sp³-hybridized carbons (Fsp3) is 0.600. The van der Waals surface area contributed by atoms with Gasteiger partial charge in [-0.25, -0.2) is 0 Å². The molecule has 0 atom stereocenters. The predicted octanol–water partition coefficient (Wildman–Crippen LogP) is 3.15. The highest BCUT2D eigenvalue weighted by Crippen LogP contribution is 2.24. The first-order chi connectivity index (χ1) is 9.13. The third kappa shape index (κ3) is 6.81. The lowest BCUT2D eigenvalue weighted by Crippen LogP contribution is -2.24. The quantitative estimate of drug-likeness (QED) is 0.707. The first-order valence-electron chi connectivity index (χ1n) is 6.74. The molecule has 0 radical (unpaired) electrons. The van der Waals surface area contributed by atoms with E-state index in [2.05, 4.69) is 19.2 Å². The van der Waals surface area contributed by atoms with E-state index in [1.54, 1.807) is 7.11 Å². The van der Waals surface area contributed by atoms with Gasteiger partial charge in [-0.05, 0) is 36.6 Å². The molecule has 0 aliphatic heterocycles. The molecule has 1 rings (SSSR count). The first kappa shape index (κ1) is 16.3. The number of benzene rings is 1. The zero-order valence-corrected chi connectivity index (χ0v) is 12.8. The van der Waals surface area contributed by atoms with Gasteiger partial charge in [-0.15, -0.1) is 0 Å². The molecule has 0 fully saturated rings. The summed E-state index contributed by atoms with van der Waals surface area (Å²) in [5.74, 6) is 1.39. The van der Waals surface area contributed by atoms with E-state index in [-0.39, 0.29) is 0 Å². The van der Waals surface area contributed by atoms with E-state index in [4.69, 9.17) is 21.1 Å². The fourth-order valence-corrected chi connectivity index (χ4v) is 1.97. The minimum atomic E-state index is 0.651. The van der Waals surface area contributed by atoms with Crippen molar-refractivity contribution >= 4 is 11.6 Å². The Balaban J connectivity index is 2.14. The molecule has 1 aromatic rings. The summed E-state index contributed by atoms with van der Waals surface area (Å²) in [7, 11) is 1.62. The number of hydrogen-bond donors (Lipinski definition) is 1. The van der Waals surface area contributed by atoms with Crippen LogP contribution in [0.1, 0.15) is 19.4 Å². The summed E-state index contributed by atoms with van der Waals surface area (Å²) < 4.78 is 10.7. The molecule has 0 spiro atoms. The minimum absolute atomic E-state index is 0.651. The molecule has 0 aromatic heterocycles. The van der Waals surface area contributed by atoms with Crippen LogP contribution in [0.3, 0.4) is 0 Å². The van der Waals surface area contributed by atoms with Gasteiger partial charge in [0.25, 0.3) is 0 Å². The average molecular weight is 286 g/mol. The Morgan fingerprint density at radius 2 is 2.05 bits per heavy atom. The van der Waals surface area contributed by atoms with Crippen LogP contribution in [0.4, 0.5) is 0 Å². The second-order valence-electron chi connectivity index (χ2n) is 4.93. The summed E-state index contributed by atoms with van der Waals surface area (Å²) in [5.41, 5.74) is 1.17. The van der Waals surface area contributed by atoms with Gasteiger partial charge < -0.3 is 14.8 Å². The highest BCUT2D eigenvalue weighted by molar-refractivity contribution is 6.32. The highest BCUT2D eigenvalue weighted by atomic mass is 35.5. The van der Waals surface area contributed by atoms with Gasteiger partial charge in [0.2, 0.25) is 0 Å². The van der Waals surface area contributed by atoms with Crippen LogP contribution in [0.5, 0.6) is 5.75 Å². The van der Waals surface area contributed by atoms with Crippen molar-refractivity contribution in [3.63, 3.8) is 0 Å². The van der Waals surface area contributed by atoms with Crippen molar-refractivity contribution < 1.29 is 9.47 Å². The van der Waals surface area contributed by atoms with Gasteiger partial charge >= 0.3 is 0 Å². The van der Waals surface area contributed by atoms with Crippen molar-refractivity contribution in [1.29, 1.82) is 0 Å². The van der Waals surface area contributed by atoms with Gasteiger partial charge in [0.15, 0.2) is 0 Å². The topological polar surface area (TPSA) is 30.5 Å². The summed E-state index contributed by atoms with van der Waals surface area (Å²) in [5, 5.41) is 4.00. The number of nitrogens with one attached hydrogen (secondary N) is 1. The average Bonchev–Trinajstić information content (AvgIpc) is 2.37. The van der Waals surface area contributed by atoms with Crippen molar-refractivity contribution in [2.75, 3.05) is 33.4 Å². The maximum Gasteiger partial charge on any atom is 0.137 e. The third-order valence-corrected chi connectivity index (χ3v) is 3.02. The van der Waals surface area contributed by atoms with Crippen LogP contribution in [-0.2, 0) is 11.2 Å². The van der Waals surface area contributed by atoms with Gasteiger partial charge in [-0.1, -0.05) is 31.5 Å². The van der Waals surface area contributed by atoms with Crippen LogP contribution in [-0.4, -0.2) is 33.4 Å². The smallest absolute Gasteiger partial charge is 0.137 e. The van der Waals surface area contributed by atoms with E-state index in [1.807, 2.05) is 18.2 Å². The van der Waals surface area contributed by atoms with Gasteiger partial charge in [-0.3, -0.25) is 0 Å². The maximum absolute atomic E-state index is 6.06. The van der Waals surface area contributed by atoms with E-state index < -0.39 is 0 Å². The third-order valence-electron chi connectivity index (χ3n) is 2.73. The van der Waals surface area contributed by atoms with Crippen molar-refractivity contribution in [3.8, 4) is 5.75 Å². The summed E-state index contributed by atoms with van der Waals surface area (Å²) in [4.78, 5) is 0. The number of methoxy groups -OCH3 is 1. The molecule has 0 aliphatic carbocycles. The molecule has 0 heterocycles. The molecular formula is C15H24ClNO2. The Labute approximate surface area is 121 Å². The zero-order chi connectivity index (χ0) is 14.1. The molecule has 0 aliphatic rings. The lowest BCUT2D eigenvalue weighted by atomic mass is 10.1. The Morgan fingerprint density at radius 3 is 2.68 bits per heavy atom. The Hall–Kier alpha value is -0.770. The molecule has 1 aromatic carbocycles. The molecule has 0 saturated heterocycles. The summed E-state index contributed by atoms with van der Waals surface area (Å²) in [6.45, 7) is 7.80. The van der Waals surface area contributed by atoms with E-state index in [1.165, 1.54) is 5.56 Å². The van der Waals surface area contributed by atoms with Crippen molar-refractivity contribution in [2.24, 2.45) is 5.92 Å². The molecule has 0 saturated carbocycles. The van der Waals surface area contributed by atoms with Crippen molar-refractivity contribution in [3.05, 3.63) is 28.8 Å². The van der Waals surface area contributed by atoms with Crippen molar-refractivity contribution in [2.45, 2.75) is 20.3 Å². The Morgan fingerprint density at radius 1 is 1.26 bits per heavy atom. The van der Waals surface area contributed by atoms with Gasteiger partial charge in [-0.2, -0.15) is 0 Å². The van der Waals surface area contributed by atoms with Crippen molar-refractivity contribution in [1.82, 2.24) is 5.32 Å². The molecule has 108 valence electrons. The predicted molar refractivity (Wildman–Crippen MR) is 80.2 cm³/mol. The monoisotopic (exact) mass is 285 g/mol. The number of hydrogen-bond acceptors (Lipinski definition) is 3. The summed E-state index contributed by atoms with van der Waals surface area (Å²) >= 11 is 6.06. The van der Waals surface area contributed by atoms with Crippen LogP contribution >= 0.6 is 11.6 Å². The number of ether oxygens (including phenoxy) is 2. The van der Waals surface area contributed by atoms with E-state index in [0.29, 0.717) is 23.3 Å². The zero-order valence-electron chi connectivity index (χ0n) is 12.0. The van der Waals surface area contributed by atoms with E-state index in [0.717, 1.165) is 26.1 Å². The van der Waals surface area contributed by atoms with E-state index >= 15 is 0 Å². The molecule has 0 amide bonds. The highest BCUT2D eigenvalue weighted by Gasteiger charge is 2.01. The van der Waals surface area contributed by atoms with Gasteiger partial charge in [0.05, 0.1) is 25.3 Å². The summed E-state index contributed by atoms with van der Waals surface area (Å²) in [6.07, 6.45) is 0.869. The molecule has 1 N–H and O–H groups in total. The van der Waals surface area contributed by atoms with Crippen LogP contribution in [0.2, 0.25) is 5.02 Å². The Kier molecular flexibility index (Phi) is 7.87. The van der Waals surface area contributed by atoms with Crippen LogP contribution in [0, 0.1) is 5.92 Å². The standard InChI is InChI=1S/C15H24ClNO2/c1-12(2)11-17-7-9-19-8-6-13-4-5-15(18-3)14(16)10-13/h4-5,10,12,17H,6-9,11H2,1-3H3. The molecular weight excluding hydrogens is 262 g/mol. The molecule has 0 unspecified atom stereocenters. The van der Waals surface area contributed by atoms with E-state index in [9.17, 15) is 0 Å². The first-order valence-corrected chi connectivity index (χ1v) is 7.12. The van der Waals surface area contributed by atoms with Crippen LogP contribution < -0.4 is 10.1 Å². The van der Waals surface area contributed by atoms with Gasteiger partial charge in [0, 0.05) is 6.54 Å². The van der Waals surface area contributed by atoms with Gasteiger partial charge in [0.1, 0.15) is 5.75 Å². The largest absolute Gasteiger partial charge is 0.495 e. The molecule has 0 bridgehead atoms. The van der Waals surface area contributed by atoms with Crippen LogP contribution in [0.25, 0.3) is 0 Å². The number of rotatable bonds is 9. The maximum atomic E-state index is 6.06. The molecule has 4 heteroatoms. The van der Waals surface area contributed by atoms with Crippen LogP contribution in [0.15, 0.2) is 18.2 Å². The number of halogens is 1.